The zero-order chi connectivity index (χ0) is 15.5. The van der Waals surface area contributed by atoms with Gasteiger partial charge in [-0.05, 0) is 27.2 Å². The second kappa shape index (κ2) is 5.85. The van der Waals surface area contributed by atoms with Crippen LogP contribution in [0.3, 0.4) is 0 Å². The molecule has 7 nitrogen and oxygen atoms in total. The molecule has 1 amide bonds. The van der Waals surface area contributed by atoms with Crippen LogP contribution in [-0.4, -0.2) is 32.4 Å². The smallest absolute Gasteiger partial charge is 0.412 e. The maximum Gasteiger partial charge on any atom is 0.412 e. The predicted molar refractivity (Wildman–Crippen MR) is 73.2 cm³/mol. The van der Waals surface area contributed by atoms with Gasteiger partial charge in [0.05, 0.1) is 0 Å². The minimum atomic E-state index is -1.26. The van der Waals surface area contributed by atoms with Crippen LogP contribution in [0.2, 0.25) is 0 Å². The number of carbonyl (C=O) groups excluding carboxylic acids is 1. The number of carboxylic acid groups (broad SMARTS) is 1. The van der Waals surface area contributed by atoms with Crippen LogP contribution >= 0.6 is 0 Å². The van der Waals surface area contributed by atoms with E-state index in [1.165, 1.54) is 10.8 Å². The van der Waals surface area contributed by atoms with Gasteiger partial charge < -0.3 is 19.5 Å². The number of aromatic hydroxyl groups is 1. The molecule has 1 rings (SSSR count). The molecule has 0 spiro atoms. The summed E-state index contributed by atoms with van der Waals surface area (Å²) < 4.78 is 6.43. The largest absolute Gasteiger partial charge is 0.504 e. The lowest BCUT2D eigenvalue weighted by Crippen LogP contribution is -2.27. The first-order valence-corrected chi connectivity index (χ1v) is 6.31. The van der Waals surface area contributed by atoms with E-state index in [1.54, 1.807) is 20.8 Å². The van der Waals surface area contributed by atoms with Crippen molar-refractivity contribution < 1.29 is 24.5 Å². The lowest BCUT2D eigenvalue weighted by molar-refractivity contribution is 0.0631. The summed E-state index contributed by atoms with van der Waals surface area (Å²) in [4.78, 5) is 22.7. The van der Waals surface area contributed by atoms with Crippen LogP contribution in [0.25, 0.3) is 0 Å². The van der Waals surface area contributed by atoms with Gasteiger partial charge in [0.1, 0.15) is 11.3 Å². The van der Waals surface area contributed by atoms with Gasteiger partial charge in [-0.2, -0.15) is 0 Å². The van der Waals surface area contributed by atoms with Gasteiger partial charge in [-0.3, -0.25) is 5.32 Å². The van der Waals surface area contributed by atoms with E-state index >= 15 is 0 Å². The monoisotopic (exact) mass is 284 g/mol. The number of rotatable bonds is 4. The standard InChI is InChI=1S/C13H20N2O5/c1-5-6-15-7-8(10(16)9(15)11(17)18)14-12(19)20-13(2,3)4/h7,16H,5-6H2,1-4H3,(H,14,19)(H,17,18). The molecule has 1 aromatic rings. The maximum absolute atomic E-state index is 11.6. The van der Waals surface area contributed by atoms with Crippen LogP contribution in [0.4, 0.5) is 10.5 Å². The van der Waals surface area contributed by atoms with Crippen molar-refractivity contribution in [1.82, 2.24) is 4.57 Å². The Morgan fingerprint density at radius 1 is 1.40 bits per heavy atom. The van der Waals surface area contributed by atoms with E-state index in [9.17, 15) is 14.7 Å². The zero-order valence-electron chi connectivity index (χ0n) is 12.1. The molecule has 0 aliphatic heterocycles. The first-order valence-electron chi connectivity index (χ1n) is 6.31. The summed E-state index contributed by atoms with van der Waals surface area (Å²) in [5.74, 6) is -1.73. The Balaban J connectivity index is 2.99. The van der Waals surface area contributed by atoms with Crippen molar-refractivity contribution in [1.29, 1.82) is 0 Å². The SMILES string of the molecule is CCCn1cc(NC(=O)OC(C)(C)C)c(O)c1C(=O)O. The molecule has 0 saturated carbocycles. The average Bonchev–Trinajstić information content (AvgIpc) is 2.53. The number of aryl methyl sites for hydroxylation is 1. The molecule has 0 aliphatic carbocycles. The normalized spacial score (nSPS) is 11.2. The molecule has 20 heavy (non-hydrogen) atoms. The summed E-state index contributed by atoms with van der Waals surface area (Å²) in [5.41, 5.74) is -0.913. The number of carboxylic acids is 1. The molecule has 1 heterocycles. The summed E-state index contributed by atoms with van der Waals surface area (Å²) >= 11 is 0. The molecule has 7 heteroatoms. The van der Waals surface area contributed by atoms with E-state index in [0.29, 0.717) is 13.0 Å². The van der Waals surface area contributed by atoms with Crippen molar-refractivity contribution in [3.8, 4) is 5.75 Å². The van der Waals surface area contributed by atoms with Gasteiger partial charge in [-0.15, -0.1) is 0 Å². The van der Waals surface area contributed by atoms with Gasteiger partial charge in [-0.25, -0.2) is 9.59 Å². The quantitative estimate of drug-likeness (QED) is 0.789. The van der Waals surface area contributed by atoms with Crippen LogP contribution in [-0.2, 0) is 11.3 Å². The van der Waals surface area contributed by atoms with Crippen molar-refractivity contribution in [3.05, 3.63) is 11.9 Å². The first kappa shape index (κ1) is 15.9. The lowest BCUT2D eigenvalue weighted by Gasteiger charge is -2.19. The molecule has 0 atom stereocenters. The number of ether oxygens (including phenoxy) is 1. The highest BCUT2D eigenvalue weighted by Gasteiger charge is 2.23. The van der Waals surface area contributed by atoms with Crippen molar-refractivity contribution in [2.75, 3.05) is 5.32 Å². The van der Waals surface area contributed by atoms with E-state index in [-0.39, 0.29) is 11.4 Å². The minimum absolute atomic E-state index is 0.0186. The molecule has 0 fully saturated rings. The van der Waals surface area contributed by atoms with Crippen LogP contribution in [0.15, 0.2) is 6.20 Å². The third-order valence-corrected chi connectivity index (χ3v) is 2.35. The van der Waals surface area contributed by atoms with E-state index in [1.807, 2.05) is 6.92 Å². The highest BCUT2D eigenvalue weighted by atomic mass is 16.6. The molecule has 112 valence electrons. The number of carbonyl (C=O) groups is 2. The fourth-order valence-electron chi connectivity index (χ4n) is 1.69. The minimum Gasteiger partial charge on any atom is -0.504 e. The number of aromatic nitrogens is 1. The predicted octanol–water partition coefficient (Wildman–Crippen LogP) is 2.65. The molecule has 0 radical (unpaired) electrons. The topological polar surface area (TPSA) is 101 Å². The van der Waals surface area contributed by atoms with Crippen molar-refractivity contribution in [2.24, 2.45) is 0 Å². The number of amides is 1. The second-order valence-corrected chi connectivity index (χ2v) is 5.37. The molecule has 1 aromatic heterocycles. The van der Waals surface area contributed by atoms with Gasteiger partial charge in [0.15, 0.2) is 11.4 Å². The van der Waals surface area contributed by atoms with Crippen molar-refractivity contribution in [2.45, 2.75) is 46.3 Å². The summed E-state index contributed by atoms with van der Waals surface area (Å²) in [5, 5.41) is 21.3. The summed E-state index contributed by atoms with van der Waals surface area (Å²) in [6.07, 6.45) is 1.32. The highest BCUT2D eigenvalue weighted by Crippen LogP contribution is 2.30. The number of hydrogen-bond donors (Lipinski definition) is 3. The van der Waals surface area contributed by atoms with Crippen LogP contribution in [0, 0.1) is 0 Å². The van der Waals surface area contributed by atoms with Gasteiger partial charge in [-0.1, -0.05) is 6.92 Å². The van der Waals surface area contributed by atoms with Crippen LogP contribution < -0.4 is 5.32 Å². The maximum atomic E-state index is 11.6. The Labute approximate surface area is 117 Å². The van der Waals surface area contributed by atoms with Gasteiger partial charge in [0.25, 0.3) is 0 Å². The van der Waals surface area contributed by atoms with E-state index in [4.69, 9.17) is 9.84 Å². The van der Waals surface area contributed by atoms with E-state index < -0.39 is 23.4 Å². The lowest BCUT2D eigenvalue weighted by atomic mass is 10.2. The Bertz CT molecular complexity index is 514. The fourth-order valence-corrected chi connectivity index (χ4v) is 1.69. The molecular formula is C13H20N2O5. The Hall–Kier alpha value is -2.18. The van der Waals surface area contributed by atoms with Crippen molar-refractivity contribution in [3.63, 3.8) is 0 Å². The molecule has 0 aromatic carbocycles. The van der Waals surface area contributed by atoms with Crippen LogP contribution in [0.5, 0.6) is 5.75 Å². The molecule has 3 N–H and O–H groups in total. The number of nitrogens with zero attached hydrogens (tertiary/aromatic N) is 1. The molecule has 0 aliphatic rings. The molecular weight excluding hydrogens is 264 g/mol. The highest BCUT2D eigenvalue weighted by molar-refractivity contribution is 5.95. The number of anilines is 1. The third kappa shape index (κ3) is 3.91. The summed E-state index contributed by atoms with van der Waals surface area (Å²) in [6, 6.07) is 0. The number of hydrogen-bond acceptors (Lipinski definition) is 4. The fraction of sp³-hybridized carbons (Fsp3) is 0.538. The van der Waals surface area contributed by atoms with Crippen LogP contribution in [0.1, 0.15) is 44.6 Å². The summed E-state index contributed by atoms with van der Waals surface area (Å²) in [6.45, 7) is 7.42. The van der Waals surface area contributed by atoms with E-state index in [2.05, 4.69) is 5.32 Å². The van der Waals surface area contributed by atoms with Gasteiger partial charge in [0.2, 0.25) is 0 Å². The van der Waals surface area contributed by atoms with Gasteiger partial charge in [0, 0.05) is 12.7 Å². The zero-order valence-corrected chi connectivity index (χ0v) is 12.1. The Kier molecular flexibility index (Phi) is 4.65. The van der Waals surface area contributed by atoms with Crippen molar-refractivity contribution >= 4 is 17.7 Å². The Morgan fingerprint density at radius 2 is 2.00 bits per heavy atom. The molecule has 0 unspecified atom stereocenters. The molecule has 0 saturated heterocycles. The van der Waals surface area contributed by atoms with Gasteiger partial charge >= 0.3 is 12.1 Å². The Morgan fingerprint density at radius 3 is 2.45 bits per heavy atom. The summed E-state index contributed by atoms with van der Waals surface area (Å²) in [7, 11) is 0. The number of aromatic carboxylic acids is 1. The molecule has 0 bridgehead atoms. The average molecular weight is 284 g/mol. The number of nitrogens with one attached hydrogen (secondary N) is 1. The van der Waals surface area contributed by atoms with E-state index in [0.717, 1.165) is 0 Å². The third-order valence-electron chi connectivity index (χ3n) is 2.35. The second-order valence-electron chi connectivity index (χ2n) is 5.37. The first-order chi connectivity index (χ1) is 9.15.